The van der Waals surface area contributed by atoms with Crippen LogP contribution in [0.4, 0.5) is 0 Å². The lowest BCUT2D eigenvalue weighted by molar-refractivity contribution is 0.0481. The van der Waals surface area contributed by atoms with Gasteiger partial charge in [-0.1, -0.05) is 35.0 Å². The van der Waals surface area contributed by atoms with Crippen LogP contribution in [0.25, 0.3) is 0 Å². The lowest BCUT2D eigenvalue weighted by atomic mass is 10.2. The van der Waals surface area contributed by atoms with Gasteiger partial charge in [-0.05, 0) is 13.8 Å². The Morgan fingerprint density at radius 2 is 1.31 bits per heavy atom. The summed E-state index contributed by atoms with van der Waals surface area (Å²) in [4.78, 5) is 0. The average Bonchev–Trinajstić information content (AvgIpc) is 2.14. The van der Waals surface area contributed by atoms with Crippen LogP contribution in [-0.4, -0.2) is 11.1 Å². The molecule has 4 unspecified atom stereocenters. The van der Waals surface area contributed by atoms with Crippen molar-refractivity contribution in [3.63, 3.8) is 0 Å². The van der Waals surface area contributed by atoms with Crippen molar-refractivity contribution in [2.75, 3.05) is 0 Å². The van der Waals surface area contributed by atoms with Crippen LogP contribution in [-0.2, 0) is 4.74 Å². The second-order valence-electron chi connectivity index (χ2n) is 2.75. The van der Waals surface area contributed by atoms with Crippen molar-refractivity contribution < 1.29 is 4.74 Å². The van der Waals surface area contributed by atoms with Crippen LogP contribution in [0.2, 0.25) is 0 Å². The van der Waals surface area contributed by atoms with Gasteiger partial charge in [0, 0.05) is 0 Å². The van der Waals surface area contributed by atoms with E-state index in [1.54, 1.807) is 13.8 Å². The van der Waals surface area contributed by atoms with E-state index in [0.717, 1.165) is 0 Å². The highest BCUT2D eigenvalue weighted by atomic mass is 35.5. The Kier molecular flexibility index (Phi) is 6.00. The number of terminal acetylenes is 2. The summed E-state index contributed by atoms with van der Waals surface area (Å²) in [6.07, 6.45) is 10.3. The summed E-state index contributed by atoms with van der Waals surface area (Å²) < 4.78 is 5.20. The maximum Gasteiger partial charge on any atom is 0.146 e. The third-order valence-electron chi connectivity index (χ3n) is 1.57. The predicted octanol–water partition coefficient (Wildman–Crippen LogP) is 2.67. The molecule has 0 aromatic rings. The fourth-order valence-corrected chi connectivity index (χ4v) is 0.931. The smallest absolute Gasteiger partial charge is 0.146 e. The molecule has 0 saturated heterocycles. The minimum atomic E-state index is -0.594. The van der Waals surface area contributed by atoms with Gasteiger partial charge in [0.1, 0.15) is 11.1 Å². The van der Waals surface area contributed by atoms with Gasteiger partial charge < -0.3 is 4.74 Å². The zero-order valence-corrected chi connectivity index (χ0v) is 9.14. The normalized spacial score (nSPS) is 19.2. The first kappa shape index (κ1) is 12.7. The molecule has 3 heteroatoms. The second kappa shape index (κ2) is 6.17. The SMILES string of the molecule is C#CC(C)C(Cl)OC(Cl)C(C)C#C. The Morgan fingerprint density at radius 3 is 1.54 bits per heavy atom. The number of hydrogen-bond donors (Lipinski definition) is 0. The average molecular weight is 219 g/mol. The third kappa shape index (κ3) is 4.44. The molecule has 0 fully saturated rings. The first-order valence-corrected chi connectivity index (χ1v) is 4.76. The van der Waals surface area contributed by atoms with Crippen LogP contribution in [0, 0.1) is 36.5 Å². The molecule has 4 atom stereocenters. The molecule has 1 nitrogen and oxygen atoms in total. The molecule has 0 N–H and O–H groups in total. The van der Waals surface area contributed by atoms with Crippen LogP contribution in [0.3, 0.4) is 0 Å². The van der Waals surface area contributed by atoms with E-state index in [4.69, 9.17) is 40.8 Å². The van der Waals surface area contributed by atoms with E-state index in [9.17, 15) is 0 Å². The van der Waals surface area contributed by atoms with E-state index in [0.29, 0.717) is 0 Å². The Bertz CT molecular complexity index is 202. The Hall–Kier alpha value is -0.340. The Balaban J connectivity index is 4.01. The maximum atomic E-state index is 5.81. The molecular formula is C10H12Cl2O. The molecule has 0 aromatic heterocycles. The van der Waals surface area contributed by atoms with Crippen LogP contribution in [0.15, 0.2) is 0 Å². The van der Waals surface area contributed by atoms with Crippen molar-refractivity contribution in [1.82, 2.24) is 0 Å². The summed E-state index contributed by atoms with van der Waals surface area (Å²) >= 11 is 11.6. The van der Waals surface area contributed by atoms with Crippen molar-refractivity contribution >= 4 is 23.2 Å². The van der Waals surface area contributed by atoms with Crippen LogP contribution in [0.5, 0.6) is 0 Å². The zero-order valence-electron chi connectivity index (χ0n) is 7.63. The highest BCUT2D eigenvalue weighted by Crippen LogP contribution is 2.19. The van der Waals surface area contributed by atoms with E-state index < -0.39 is 11.1 Å². The first-order valence-electron chi connectivity index (χ1n) is 3.88. The van der Waals surface area contributed by atoms with Gasteiger partial charge in [0.25, 0.3) is 0 Å². The summed E-state index contributed by atoms with van der Waals surface area (Å²) in [5, 5.41) is 0. The van der Waals surface area contributed by atoms with Crippen molar-refractivity contribution in [3.05, 3.63) is 0 Å². The van der Waals surface area contributed by atoms with Crippen LogP contribution < -0.4 is 0 Å². The second-order valence-corrected chi connectivity index (χ2v) is 3.61. The monoisotopic (exact) mass is 218 g/mol. The van der Waals surface area contributed by atoms with Crippen molar-refractivity contribution in [1.29, 1.82) is 0 Å². The number of hydrogen-bond acceptors (Lipinski definition) is 1. The summed E-state index contributed by atoms with van der Waals surface area (Å²) in [7, 11) is 0. The summed E-state index contributed by atoms with van der Waals surface area (Å²) in [6, 6.07) is 0. The van der Waals surface area contributed by atoms with Gasteiger partial charge in [0.15, 0.2) is 0 Å². The van der Waals surface area contributed by atoms with E-state index in [2.05, 4.69) is 11.8 Å². The minimum absolute atomic E-state index is 0.187. The van der Waals surface area contributed by atoms with Gasteiger partial charge in [-0.25, -0.2) is 0 Å². The molecule has 0 radical (unpaired) electrons. The van der Waals surface area contributed by atoms with Gasteiger partial charge in [0.05, 0.1) is 11.8 Å². The van der Waals surface area contributed by atoms with E-state index in [-0.39, 0.29) is 11.8 Å². The molecule has 0 spiro atoms. The maximum absolute atomic E-state index is 5.81. The number of alkyl halides is 2. The Morgan fingerprint density at radius 1 is 1.00 bits per heavy atom. The van der Waals surface area contributed by atoms with Crippen molar-refractivity contribution in [3.8, 4) is 24.7 Å². The molecule has 0 aliphatic carbocycles. The number of rotatable bonds is 4. The van der Waals surface area contributed by atoms with Gasteiger partial charge in [-0.2, -0.15) is 0 Å². The predicted molar refractivity (Wildman–Crippen MR) is 56.4 cm³/mol. The quantitative estimate of drug-likeness (QED) is 0.521. The lowest BCUT2D eigenvalue weighted by Gasteiger charge is -2.19. The first-order chi connectivity index (χ1) is 6.02. The van der Waals surface area contributed by atoms with E-state index in [1.165, 1.54) is 0 Å². The molecule has 0 rings (SSSR count). The molecule has 0 aliphatic rings. The number of ether oxygens (including phenoxy) is 1. The van der Waals surface area contributed by atoms with Gasteiger partial charge in [0.2, 0.25) is 0 Å². The summed E-state index contributed by atoms with van der Waals surface area (Å²) in [5.41, 5.74) is -1.19. The van der Waals surface area contributed by atoms with Crippen molar-refractivity contribution in [2.24, 2.45) is 11.8 Å². The van der Waals surface area contributed by atoms with E-state index >= 15 is 0 Å². The largest absolute Gasteiger partial charge is 0.341 e. The zero-order chi connectivity index (χ0) is 10.4. The van der Waals surface area contributed by atoms with Gasteiger partial charge in [-0.3, -0.25) is 0 Å². The van der Waals surface area contributed by atoms with Crippen LogP contribution in [0.1, 0.15) is 13.8 Å². The van der Waals surface area contributed by atoms with Crippen molar-refractivity contribution in [2.45, 2.75) is 25.0 Å². The molecule has 0 saturated carbocycles. The topological polar surface area (TPSA) is 9.23 Å². The molecule has 0 bridgehead atoms. The number of halogens is 2. The van der Waals surface area contributed by atoms with Crippen LogP contribution >= 0.6 is 23.2 Å². The molecule has 0 aromatic carbocycles. The highest BCUT2D eigenvalue weighted by Gasteiger charge is 2.20. The Labute approximate surface area is 89.7 Å². The lowest BCUT2D eigenvalue weighted by Crippen LogP contribution is -2.23. The van der Waals surface area contributed by atoms with Gasteiger partial charge in [-0.15, -0.1) is 12.8 Å². The summed E-state index contributed by atoms with van der Waals surface area (Å²) in [6.45, 7) is 3.56. The molecule has 0 aliphatic heterocycles. The molecule has 0 heterocycles. The fraction of sp³-hybridized carbons (Fsp3) is 0.600. The molecule has 72 valence electrons. The van der Waals surface area contributed by atoms with Gasteiger partial charge >= 0.3 is 0 Å². The van der Waals surface area contributed by atoms with E-state index in [1.807, 2.05) is 0 Å². The summed E-state index contributed by atoms with van der Waals surface area (Å²) in [5.74, 6) is 4.55. The standard InChI is InChI=1S/C10H12Cl2O/c1-5-7(3)9(11)13-10(12)8(4)6-2/h1-2,7-10H,3-4H3. The molecular weight excluding hydrogens is 207 g/mol. The fourth-order valence-electron chi connectivity index (χ4n) is 0.511. The minimum Gasteiger partial charge on any atom is -0.341 e. The molecule has 0 amide bonds. The molecule has 13 heavy (non-hydrogen) atoms. The third-order valence-corrected chi connectivity index (χ3v) is 2.53. The highest BCUT2D eigenvalue weighted by molar-refractivity contribution is 6.22.